The number of nitrogens with two attached hydrogens (primary N) is 1. The van der Waals surface area contributed by atoms with Crippen LogP contribution in [-0.4, -0.2) is 28.2 Å². The topological polar surface area (TPSA) is 32.5 Å². The summed E-state index contributed by atoms with van der Waals surface area (Å²) in [5, 5.41) is 0. The van der Waals surface area contributed by atoms with Crippen molar-refractivity contribution in [2.45, 2.75) is 6.42 Å². The van der Waals surface area contributed by atoms with Gasteiger partial charge in [0.1, 0.15) is 0 Å². The van der Waals surface area contributed by atoms with E-state index >= 15 is 0 Å². The maximum atomic E-state index is 6.15. The maximum absolute atomic E-state index is 6.15. The fourth-order valence-electron chi connectivity index (χ4n) is 2.15. The molecule has 3 nitrogen and oxygen atoms in total. The van der Waals surface area contributed by atoms with Crippen molar-refractivity contribution in [3.8, 4) is 0 Å². The van der Waals surface area contributed by atoms with Crippen LogP contribution in [0.25, 0.3) is 0 Å². The molecule has 0 amide bonds. The van der Waals surface area contributed by atoms with Crippen LogP contribution in [0.3, 0.4) is 0 Å². The third-order valence-electron chi connectivity index (χ3n) is 3.49. The van der Waals surface area contributed by atoms with Gasteiger partial charge in [-0.25, -0.2) is 0 Å². The Bertz CT molecular complexity index is 571. The average Bonchev–Trinajstić information content (AvgIpc) is 2.41. The van der Waals surface area contributed by atoms with Gasteiger partial charge >= 0.3 is 0 Å². The zero-order valence-corrected chi connectivity index (χ0v) is 12.7. The molecule has 0 unspecified atom stereocenters. The number of anilines is 3. The SMILES string of the molecule is CN(C)c1ccc(Cc2ccc(N(C)C)cc2N)cc1. The fourth-order valence-corrected chi connectivity index (χ4v) is 2.15. The monoisotopic (exact) mass is 269 g/mol. The summed E-state index contributed by atoms with van der Waals surface area (Å²) in [6.45, 7) is 0. The molecule has 0 aliphatic rings. The Kier molecular flexibility index (Phi) is 4.18. The summed E-state index contributed by atoms with van der Waals surface area (Å²) in [6.07, 6.45) is 0.868. The van der Waals surface area contributed by atoms with E-state index < -0.39 is 0 Å². The Balaban J connectivity index is 2.17. The van der Waals surface area contributed by atoms with Gasteiger partial charge in [0, 0.05) is 45.3 Å². The quantitative estimate of drug-likeness (QED) is 0.866. The van der Waals surface area contributed by atoms with E-state index in [1.54, 1.807) is 0 Å². The number of rotatable bonds is 4. The van der Waals surface area contributed by atoms with E-state index in [2.05, 4.69) is 46.2 Å². The molecule has 2 aromatic carbocycles. The molecule has 2 aromatic rings. The smallest absolute Gasteiger partial charge is 0.0381 e. The molecular formula is C17H23N3. The lowest BCUT2D eigenvalue weighted by atomic mass is 10.0. The molecule has 0 saturated carbocycles. The van der Waals surface area contributed by atoms with Crippen LogP contribution in [0, 0.1) is 0 Å². The number of nitrogens with zero attached hydrogens (tertiary/aromatic N) is 2. The standard InChI is InChI=1S/C17H23N3/c1-19(2)15-8-5-13(6-9-15)11-14-7-10-16(20(3)4)12-17(14)18/h5-10,12H,11,18H2,1-4H3. The lowest BCUT2D eigenvalue weighted by Crippen LogP contribution is -2.09. The van der Waals surface area contributed by atoms with Gasteiger partial charge in [-0.3, -0.25) is 0 Å². The molecule has 0 bridgehead atoms. The Morgan fingerprint density at radius 3 is 1.85 bits per heavy atom. The molecule has 0 fully saturated rings. The molecule has 0 aliphatic heterocycles. The molecule has 3 heteroatoms. The first-order valence-corrected chi connectivity index (χ1v) is 6.79. The zero-order chi connectivity index (χ0) is 14.7. The number of hydrogen-bond donors (Lipinski definition) is 1. The van der Waals surface area contributed by atoms with E-state index in [1.165, 1.54) is 16.8 Å². The third-order valence-corrected chi connectivity index (χ3v) is 3.49. The van der Waals surface area contributed by atoms with Crippen LogP contribution < -0.4 is 15.5 Å². The molecule has 20 heavy (non-hydrogen) atoms. The second-order valence-electron chi connectivity index (χ2n) is 5.52. The Morgan fingerprint density at radius 2 is 1.35 bits per heavy atom. The van der Waals surface area contributed by atoms with Crippen molar-refractivity contribution in [3.63, 3.8) is 0 Å². The van der Waals surface area contributed by atoms with Crippen LogP contribution in [0.1, 0.15) is 11.1 Å². The summed E-state index contributed by atoms with van der Waals surface area (Å²) < 4.78 is 0. The molecule has 0 saturated heterocycles. The van der Waals surface area contributed by atoms with Gasteiger partial charge in [-0.15, -0.1) is 0 Å². The van der Waals surface area contributed by atoms with Gasteiger partial charge in [0.15, 0.2) is 0 Å². The summed E-state index contributed by atoms with van der Waals surface area (Å²) in [7, 11) is 8.14. The van der Waals surface area contributed by atoms with E-state index in [1.807, 2.05) is 34.3 Å². The van der Waals surface area contributed by atoms with E-state index in [9.17, 15) is 0 Å². The normalized spacial score (nSPS) is 10.4. The highest BCUT2D eigenvalue weighted by Crippen LogP contribution is 2.23. The van der Waals surface area contributed by atoms with Crippen molar-refractivity contribution < 1.29 is 0 Å². The first kappa shape index (κ1) is 14.3. The molecule has 0 spiro atoms. The van der Waals surface area contributed by atoms with Crippen molar-refractivity contribution in [1.29, 1.82) is 0 Å². The van der Waals surface area contributed by atoms with Crippen LogP contribution in [0.15, 0.2) is 42.5 Å². The summed E-state index contributed by atoms with van der Waals surface area (Å²) in [5.74, 6) is 0. The number of nitrogen functional groups attached to an aromatic ring is 1. The largest absolute Gasteiger partial charge is 0.398 e. The summed E-state index contributed by atoms with van der Waals surface area (Å²) in [4.78, 5) is 4.16. The summed E-state index contributed by atoms with van der Waals surface area (Å²) in [5.41, 5.74) is 11.8. The third kappa shape index (κ3) is 3.23. The molecular weight excluding hydrogens is 246 g/mol. The summed E-state index contributed by atoms with van der Waals surface area (Å²) >= 11 is 0. The van der Waals surface area contributed by atoms with Gasteiger partial charge in [0.25, 0.3) is 0 Å². The Hall–Kier alpha value is -2.16. The van der Waals surface area contributed by atoms with Crippen molar-refractivity contribution >= 4 is 17.1 Å². The van der Waals surface area contributed by atoms with Crippen molar-refractivity contribution in [1.82, 2.24) is 0 Å². The van der Waals surface area contributed by atoms with E-state index in [4.69, 9.17) is 5.73 Å². The van der Waals surface area contributed by atoms with E-state index in [0.29, 0.717) is 0 Å². The molecule has 0 atom stereocenters. The van der Waals surface area contributed by atoms with E-state index in [0.717, 1.165) is 17.8 Å². The van der Waals surface area contributed by atoms with Gasteiger partial charge < -0.3 is 15.5 Å². The highest BCUT2D eigenvalue weighted by atomic mass is 15.1. The van der Waals surface area contributed by atoms with Crippen LogP contribution >= 0.6 is 0 Å². The van der Waals surface area contributed by atoms with Crippen LogP contribution in [0.5, 0.6) is 0 Å². The molecule has 0 radical (unpaired) electrons. The van der Waals surface area contributed by atoms with Crippen LogP contribution in [0.4, 0.5) is 17.1 Å². The number of benzene rings is 2. The van der Waals surface area contributed by atoms with Gasteiger partial charge in [-0.1, -0.05) is 18.2 Å². The maximum Gasteiger partial charge on any atom is 0.0381 e. The molecule has 2 N–H and O–H groups in total. The second kappa shape index (κ2) is 5.87. The zero-order valence-electron chi connectivity index (χ0n) is 12.7. The Morgan fingerprint density at radius 1 is 0.800 bits per heavy atom. The minimum Gasteiger partial charge on any atom is -0.398 e. The van der Waals surface area contributed by atoms with Gasteiger partial charge in [-0.2, -0.15) is 0 Å². The predicted octanol–water partition coefficient (Wildman–Crippen LogP) is 2.99. The number of hydrogen-bond acceptors (Lipinski definition) is 3. The average molecular weight is 269 g/mol. The van der Waals surface area contributed by atoms with Crippen molar-refractivity contribution in [2.24, 2.45) is 0 Å². The first-order valence-electron chi connectivity index (χ1n) is 6.79. The molecule has 2 rings (SSSR count). The van der Waals surface area contributed by atoms with Gasteiger partial charge in [-0.05, 0) is 41.8 Å². The minimum absolute atomic E-state index is 0.855. The van der Waals surface area contributed by atoms with E-state index in [-0.39, 0.29) is 0 Å². The van der Waals surface area contributed by atoms with Gasteiger partial charge in [0.2, 0.25) is 0 Å². The predicted molar refractivity (Wildman–Crippen MR) is 88.8 cm³/mol. The molecule has 0 aromatic heterocycles. The molecule has 0 aliphatic carbocycles. The van der Waals surface area contributed by atoms with Crippen LogP contribution in [-0.2, 0) is 6.42 Å². The Labute approximate surface area is 121 Å². The lowest BCUT2D eigenvalue weighted by Gasteiger charge is -2.15. The highest BCUT2D eigenvalue weighted by Gasteiger charge is 2.04. The van der Waals surface area contributed by atoms with Crippen molar-refractivity contribution in [2.75, 3.05) is 43.7 Å². The molecule has 0 heterocycles. The highest BCUT2D eigenvalue weighted by molar-refractivity contribution is 5.60. The molecule has 106 valence electrons. The lowest BCUT2D eigenvalue weighted by molar-refractivity contribution is 1.11. The second-order valence-corrected chi connectivity index (χ2v) is 5.52. The van der Waals surface area contributed by atoms with Crippen LogP contribution in [0.2, 0.25) is 0 Å². The first-order chi connectivity index (χ1) is 9.47. The summed E-state index contributed by atoms with van der Waals surface area (Å²) in [6, 6.07) is 14.9. The van der Waals surface area contributed by atoms with Crippen molar-refractivity contribution in [3.05, 3.63) is 53.6 Å². The van der Waals surface area contributed by atoms with Gasteiger partial charge in [0.05, 0.1) is 0 Å². The fraction of sp³-hybridized carbons (Fsp3) is 0.294. The minimum atomic E-state index is 0.855.